The summed E-state index contributed by atoms with van der Waals surface area (Å²) in [4.78, 5) is 150. The molecule has 32 nitrogen and oxygen atoms in total. The molecule has 0 spiro atoms. The summed E-state index contributed by atoms with van der Waals surface area (Å²) in [7, 11) is 0. The van der Waals surface area contributed by atoms with E-state index in [0.29, 0.717) is 79.8 Å². The van der Waals surface area contributed by atoms with Crippen molar-refractivity contribution in [2.24, 2.45) is 11.8 Å². The van der Waals surface area contributed by atoms with E-state index in [4.69, 9.17) is 0 Å². The van der Waals surface area contributed by atoms with Crippen molar-refractivity contribution in [1.29, 1.82) is 0 Å². The van der Waals surface area contributed by atoms with Crippen LogP contribution < -0.4 is 42.5 Å². The minimum absolute atomic E-state index is 0.0117. The first-order valence-corrected chi connectivity index (χ1v) is 51.8. The van der Waals surface area contributed by atoms with E-state index in [1.54, 1.807) is 87.1 Å². The Labute approximate surface area is 831 Å². The van der Waals surface area contributed by atoms with Crippen LogP contribution in [-0.2, 0) is 0 Å². The molecule has 8 aromatic heterocycles. The van der Waals surface area contributed by atoms with E-state index in [0.717, 1.165) is 130 Å². The number of hydrogen-bond acceptors (Lipinski definition) is 28. The number of aryl methyl sites for hydroxylation is 4. The lowest BCUT2D eigenvalue weighted by atomic mass is 9.78. The van der Waals surface area contributed by atoms with Gasteiger partial charge < -0.3 is 82.6 Å². The minimum Gasteiger partial charge on any atom is -0.389 e. The maximum atomic E-state index is 14.1. The fourth-order valence-electron chi connectivity index (χ4n) is 17.4. The monoisotopic (exact) mass is 1990 g/mol. The van der Waals surface area contributed by atoms with Crippen LogP contribution in [0.25, 0.3) is 41.8 Å². The number of alkyl halides is 2. The van der Waals surface area contributed by atoms with Crippen molar-refractivity contribution in [2.45, 2.75) is 331 Å². The van der Waals surface area contributed by atoms with Gasteiger partial charge in [-0.05, 0) is 301 Å². The van der Waals surface area contributed by atoms with Gasteiger partial charge in [0.2, 0.25) is 0 Å². The van der Waals surface area contributed by atoms with Gasteiger partial charge >= 0.3 is 0 Å². The third-order valence-electron chi connectivity index (χ3n) is 26.5. The number of hydrogen-bond donors (Lipinski definition) is 12. The van der Waals surface area contributed by atoms with Crippen molar-refractivity contribution in [3.05, 3.63) is 114 Å². The van der Waals surface area contributed by atoms with Gasteiger partial charge in [-0.1, -0.05) is 6.92 Å². The molecule has 15 rings (SSSR count). The van der Waals surface area contributed by atoms with Crippen LogP contribution in [0, 0.1) is 39.5 Å². The van der Waals surface area contributed by atoms with Crippen molar-refractivity contribution in [2.75, 3.05) is 73.6 Å². The molecule has 4 aliphatic heterocycles. The van der Waals surface area contributed by atoms with Crippen LogP contribution >= 0.6 is 45.3 Å². The molecule has 0 radical (unpaired) electrons. The Bertz CT molecular complexity index is 5810. The first-order chi connectivity index (χ1) is 64.9. The van der Waals surface area contributed by atoms with Crippen LogP contribution in [0.3, 0.4) is 0 Å². The summed E-state index contributed by atoms with van der Waals surface area (Å²) in [6, 6.07) is 7.89. The highest BCUT2D eigenvalue weighted by atomic mass is 32.1. The zero-order valence-electron chi connectivity index (χ0n) is 84.7. The van der Waals surface area contributed by atoms with Gasteiger partial charge in [-0.3, -0.25) is 38.4 Å². The molecule has 5 atom stereocenters. The molecule has 12 N–H and O–H groups in total. The Morgan fingerprint density at radius 2 is 0.705 bits per heavy atom. The first kappa shape index (κ1) is 108. The molecule has 8 aromatic rings. The number of aromatic nitrogens is 8. The summed E-state index contributed by atoms with van der Waals surface area (Å²) < 4.78 is 28.2. The Hall–Kier alpha value is -10.2. The van der Waals surface area contributed by atoms with E-state index in [-0.39, 0.29) is 110 Å². The topological polar surface area (TPSA) is 430 Å². The molecule has 38 heteroatoms. The quantitative estimate of drug-likeness (QED) is 0.0192. The third kappa shape index (κ3) is 28.0. The molecule has 7 fully saturated rings. The molecule has 0 aromatic carbocycles. The van der Waals surface area contributed by atoms with Crippen LogP contribution in [0.15, 0.2) is 49.1 Å². The largest absolute Gasteiger partial charge is 0.389 e. The second-order valence-electron chi connectivity index (χ2n) is 42.9. The summed E-state index contributed by atoms with van der Waals surface area (Å²) in [6.45, 7) is 45.1. The van der Waals surface area contributed by atoms with E-state index < -0.39 is 76.9 Å². The Kier molecular flexibility index (Phi) is 33.5. The van der Waals surface area contributed by atoms with E-state index in [1.165, 1.54) is 66.1 Å². The second-order valence-corrected chi connectivity index (χ2v) is 46.8. The van der Waals surface area contributed by atoms with Gasteiger partial charge in [-0.25, -0.2) is 48.7 Å². The number of amides is 8. The smallest absolute Gasteiger partial charge is 0.280 e. The number of thiazole rings is 4. The first-order valence-electron chi connectivity index (χ1n) is 48.5. The van der Waals surface area contributed by atoms with Crippen LogP contribution in [-0.4, -0.2) is 255 Å². The molecular weight excluding hydrogens is 1850 g/mol. The molecule has 4 saturated heterocycles. The van der Waals surface area contributed by atoms with Gasteiger partial charge in [0.15, 0.2) is 20.0 Å². The highest BCUT2D eigenvalue weighted by Crippen LogP contribution is 2.46. The standard InChI is InChI=1S/C26H35F2N5O3S.C26H37N5O3S.C25H35N5O3S.C24H35N5O3S/c1-14-9-18(32-25(5,6)16-7-8-16)29-11-17(14)20-19(23(35)33-13-26(27,28)10-15(33)2)31-22(37-20)21(34)30-12-24(3,4)36;1-15-12-19(30-26(5,6)17-9-10-17)27-13-18(15)21-20(24(33)31-11-7-8-16(31)2)29-23(35-21)22(32)28-14-25(3,4)34;1-15-12-18(29-25(5)9-7-10-25)26-13-17(15)20-19(23(32)30-11-6-8-16(30)2)28-22(34-20)21(31)27-14-24(3,4)33;1-7-15(3)27-18-11-14(2)17(12-25-18)20-19(23(31)29-10-8-9-16(29)4)28-22(33-20)21(30)26-13-24(5,6)32/h9,11,15-16,36H,7-8,10,12-13H2,1-6H3,(H,29,32)(H,30,34);12-13,16-17,34H,7-11,14H2,1-6H3,(H,27,30)(H,28,32);12-13,16,33H,6-11,14H2,1-5H3,(H,26,29)(H,27,31);11-12,15-16,32H,7-10,13H2,1-6H3,(H,25,27)(H,26,30)/t15-;2*16-;15-,16+/m0001/s1. The Morgan fingerprint density at radius 1 is 0.424 bits per heavy atom. The van der Waals surface area contributed by atoms with Crippen LogP contribution in [0.4, 0.5) is 32.1 Å². The SMILES string of the molecule is CC[C@@H](C)Nc1cc(C)c(-c2sc(C(=O)NCC(C)(C)O)nc2C(=O)N2CCC[C@@H]2C)cn1.Cc1cc(NC(C)(C)C2CC2)ncc1-c1sc(C(=O)NCC(C)(C)O)nc1C(=O)N1CC(F)(F)C[C@@H]1C.Cc1cc(NC(C)(C)C2CC2)ncc1-c1sc(C(=O)NCC(C)(C)O)nc1C(=O)N1CCC[C@@H]1C.Cc1cc(NC2(C)CCC2)ncc1-c1sc(C(=O)NCC(C)(C)O)nc1C(=O)N1CCC[C@@H]1C. The summed E-state index contributed by atoms with van der Waals surface area (Å²) in [5.74, 6) is -1.50. The molecule has 756 valence electrons. The fourth-order valence-corrected chi connectivity index (χ4v) is 21.6. The highest BCUT2D eigenvalue weighted by Gasteiger charge is 2.48. The molecule has 3 saturated carbocycles. The van der Waals surface area contributed by atoms with Crippen molar-refractivity contribution >= 4 is 116 Å². The zero-order chi connectivity index (χ0) is 102. The predicted octanol–water partition coefficient (Wildman–Crippen LogP) is 16.6. The molecule has 0 unspecified atom stereocenters. The van der Waals surface area contributed by atoms with Gasteiger partial charge in [0.05, 0.1) is 48.5 Å². The number of rotatable bonds is 31. The lowest BCUT2D eigenvalue weighted by Gasteiger charge is -2.39. The Balaban J connectivity index is 0.000000166. The molecule has 3 aliphatic carbocycles. The summed E-state index contributed by atoms with van der Waals surface area (Å²) >= 11 is 4.58. The van der Waals surface area contributed by atoms with E-state index >= 15 is 0 Å². The minimum atomic E-state index is -2.97. The lowest BCUT2D eigenvalue weighted by molar-refractivity contribution is 0.0117. The second kappa shape index (κ2) is 43.3. The lowest BCUT2D eigenvalue weighted by Crippen LogP contribution is -2.41. The van der Waals surface area contributed by atoms with Crippen LogP contribution in [0.5, 0.6) is 0 Å². The summed E-state index contributed by atoms with van der Waals surface area (Å²) in [6.07, 6.45) is 21.5. The van der Waals surface area contributed by atoms with Gasteiger partial charge in [-0.15, -0.1) is 45.3 Å². The molecule has 7 aliphatic rings. The van der Waals surface area contributed by atoms with Crippen molar-refractivity contribution in [3.8, 4) is 41.8 Å². The number of pyridine rings is 4. The van der Waals surface area contributed by atoms with E-state index in [1.807, 2.05) is 87.4 Å². The molecule has 0 bridgehead atoms. The van der Waals surface area contributed by atoms with E-state index in [2.05, 4.69) is 131 Å². The fraction of sp³-hybridized carbons (Fsp3) is 0.604. The number of carbonyl (C=O) groups excluding carboxylic acids is 8. The third-order valence-corrected chi connectivity index (χ3v) is 30.8. The molecule has 8 amide bonds. The average Bonchev–Trinajstić information content (AvgIpc) is 1.60. The molecule has 139 heavy (non-hydrogen) atoms. The summed E-state index contributed by atoms with van der Waals surface area (Å²) in [5.41, 5.74) is 3.22. The number of anilines is 4. The van der Waals surface area contributed by atoms with Crippen LogP contribution in [0.2, 0.25) is 0 Å². The number of nitrogens with one attached hydrogen (secondary N) is 8. The van der Waals surface area contributed by atoms with Crippen molar-refractivity contribution in [1.82, 2.24) is 80.7 Å². The normalized spacial score (nSPS) is 18.8. The number of carbonyl (C=O) groups is 8. The van der Waals surface area contributed by atoms with Crippen LogP contribution in [0.1, 0.15) is 331 Å². The molecular formula is C101H142F2N20O12S4. The van der Waals surface area contributed by atoms with E-state index in [9.17, 15) is 67.6 Å². The number of aliphatic hydroxyl groups is 4. The number of halogens is 2. The van der Waals surface area contributed by atoms with Crippen molar-refractivity contribution < 1.29 is 67.6 Å². The van der Waals surface area contributed by atoms with Gasteiger partial charge in [-0.2, -0.15) is 0 Å². The van der Waals surface area contributed by atoms with Crippen molar-refractivity contribution in [3.63, 3.8) is 0 Å². The number of nitrogens with zero attached hydrogens (tertiary/aromatic N) is 12. The average molecular weight is 1990 g/mol. The van der Waals surface area contributed by atoms with Gasteiger partial charge in [0.25, 0.3) is 53.2 Å². The number of likely N-dealkylation sites (tertiary alicyclic amines) is 4. The maximum Gasteiger partial charge on any atom is 0.280 e. The Morgan fingerprint density at radius 3 is 0.950 bits per heavy atom. The highest BCUT2D eigenvalue weighted by molar-refractivity contribution is 7.18. The van der Waals surface area contributed by atoms with Gasteiger partial charge in [0.1, 0.15) is 46.0 Å². The zero-order valence-corrected chi connectivity index (χ0v) is 88.0. The predicted molar refractivity (Wildman–Crippen MR) is 544 cm³/mol. The summed E-state index contributed by atoms with van der Waals surface area (Å²) in [5, 5.41) is 65.2. The molecule has 12 heterocycles. The maximum absolute atomic E-state index is 14.1. The van der Waals surface area contributed by atoms with Gasteiger partial charge in [0, 0.05) is 146 Å².